The number of fused-ring (bicyclic) bond motifs is 2. The molecule has 1 aromatic rings. The largest absolute Gasteiger partial charge is 0.392 e. The molecule has 1 N–H and O–H groups in total. The van der Waals surface area contributed by atoms with Crippen LogP contribution in [0.25, 0.3) is 5.57 Å². The van der Waals surface area contributed by atoms with Crippen LogP contribution in [0.5, 0.6) is 0 Å². The first kappa shape index (κ1) is 8.93. The van der Waals surface area contributed by atoms with E-state index in [1.54, 1.807) is 0 Å². The Kier molecular flexibility index (Phi) is 2.00. The highest BCUT2D eigenvalue weighted by Gasteiger charge is 2.34. The fraction of sp³-hybridized carbons (Fsp3) is 0.286. The molecule has 0 fully saturated rings. The van der Waals surface area contributed by atoms with Gasteiger partial charge in [-0.3, -0.25) is 0 Å². The molecule has 2 aliphatic carbocycles. The molecule has 0 aromatic heterocycles. The Labute approximate surface area is 89.8 Å². The molecule has 0 unspecified atom stereocenters. The van der Waals surface area contributed by atoms with E-state index >= 15 is 0 Å². The smallest absolute Gasteiger partial charge is 0.0653 e. The van der Waals surface area contributed by atoms with E-state index < -0.39 is 0 Å². The molecule has 0 saturated carbocycles. The van der Waals surface area contributed by atoms with Gasteiger partial charge >= 0.3 is 0 Å². The molecular weight excluding hydrogens is 184 g/mol. The van der Waals surface area contributed by atoms with Crippen LogP contribution in [0.3, 0.4) is 0 Å². The SMILES string of the molecule is OCC1=C(c2ccccc2)[C@H]2C=C[C@@H]1C2. The number of benzene rings is 1. The minimum atomic E-state index is 0.204. The second-order valence-corrected chi connectivity index (χ2v) is 4.30. The van der Waals surface area contributed by atoms with Crippen LogP contribution in [0, 0.1) is 11.8 Å². The molecule has 0 heterocycles. The molecule has 2 atom stereocenters. The van der Waals surface area contributed by atoms with E-state index in [2.05, 4.69) is 36.4 Å². The van der Waals surface area contributed by atoms with Crippen molar-refractivity contribution in [2.24, 2.45) is 11.8 Å². The molecule has 1 heteroatoms. The van der Waals surface area contributed by atoms with Gasteiger partial charge in [0.1, 0.15) is 0 Å². The quantitative estimate of drug-likeness (QED) is 0.724. The summed E-state index contributed by atoms with van der Waals surface area (Å²) in [5.41, 5.74) is 3.87. The Bertz CT molecular complexity index is 428. The highest BCUT2D eigenvalue weighted by Crippen LogP contribution is 2.47. The van der Waals surface area contributed by atoms with Crippen molar-refractivity contribution in [1.29, 1.82) is 0 Å². The van der Waals surface area contributed by atoms with Crippen molar-refractivity contribution in [3.8, 4) is 0 Å². The molecular formula is C14H14O. The zero-order valence-electron chi connectivity index (χ0n) is 8.56. The molecule has 15 heavy (non-hydrogen) atoms. The Morgan fingerprint density at radius 1 is 1.07 bits per heavy atom. The van der Waals surface area contributed by atoms with Gasteiger partial charge in [0.15, 0.2) is 0 Å². The third-order valence-electron chi connectivity index (χ3n) is 3.50. The van der Waals surface area contributed by atoms with E-state index in [1.807, 2.05) is 6.07 Å². The second-order valence-electron chi connectivity index (χ2n) is 4.30. The van der Waals surface area contributed by atoms with Gasteiger partial charge in [0.2, 0.25) is 0 Å². The lowest BCUT2D eigenvalue weighted by Gasteiger charge is -2.14. The average Bonchev–Trinajstić information content (AvgIpc) is 2.89. The molecule has 2 aliphatic rings. The summed E-state index contributed by atoms with van der Waals surface area (Å²) in [6, 6.07) is 10.4. The summed E-state index contributed by atoms with van der Waals surface area (Å²) in [5.74, 6) is 1.04. The molecule has 0 radical (unpaired) electrons. The molecule has 0 spiro atoms. The van der Waals surface area contributed by atoms with Gasteiger partial charge in [-0.25, -0.2) is 0 Å². The molecule has 0 aliphatic heterocycles. The third kappa shape index (κ3) is 1.27. The van der Waals surface area contributed by atoms with E-state index in [0.29, 0.717) is 11.8 Å². The minimum absolute atomic E-state index is 0.204. The predicted octanol–water partition coefficient (Wildman–Crippen LogP) is 2.64. The molecule has 1 aromatic carbocycles. The fourth-order valence-electron chi connectivity index (χ4n) is 2.83. The first-order valence-electron chi connectivity index (χ1n) is 5.47. The third-order valence-corrected chi connectivity index (χ3v) is 3.50. The van der Waals surface area contributed by atoms with E-state index in [1.165, 1.54) is 23.1 Å². The number of hydrogen-bond donors (Lipinski definition) is 1. The maximum atomic E-state index is 9.43. The lowest BCUT2D eigenvalue weighted by molar-refractivity contribution is 0.322. The van der Waals surface area contributed by atoms with E-state index in [0.717, 1.165) is 0 Å². The van der Waals surface area contributed by atoms with Gasteiger partial charge in [-0.15, -0.1) is 0 Å². The zero-order valence-corrected chi connectivity index (χ0v) is 8.56. The summed E-state index contributed by atoms with van der Waals surface area (Å²) in [6.45, 7) is 0.204. The van der Waals surface area contributed by atoms with Crippen molar-refractivity contribution in [3.05, 3.63) is 53.6 Å². The summed E-state index contributed by atoms with van der Waals surface area (Å²) in [4.78, 5) is 0. The lowest BCUT2D eigenvalue weighted by Crippen LogP contribution is -2.02. The number of hydrogen-bond acceptors (Lipinski definition) is 1. The summed E-state index contributed by atoms with van der Waals surface area (Å²) >= 11 is 0. The second kappa shape index (κ2) is 3.35. The molecule has 1 nitrogen and oxygen atoms in total. The average molecular weight is 198 g/mol. The van der Waals surface area contributed by atoms with Crippen LogP contribution in [-0.2, 0) is 0 Å². The molecule has 0 saturated heterocycles. The van der Waals surface area contributed by atoms with Crippen LogP contribution in [0.4, 0.5) is 0 Å². The standard InChI is InChI=1S/C14H14O/c15-9-13-11-6-7-12(8-11)14(13)10-4-2-1-3-5-10/h1-7,11-12,15H,8-9H2/t11-,12+/m1/s1. The van der Waals surface area contributed by atoms with Crippen molar-refractivity contribution in [2.75, 3.05) is 6.61 Å². The summed E-state index contributed by atoms with van der Waals surface area (Å²) in [7, 11) is 0. The van der Waals surface area contributed by atoms with Gasteiger partial charge in [0, 0.05) is 11.8 Å². The minimum Gasteiger partial charge on any atom is -0.392 e. The Balaban J connectivity index is 2.08. The zero-order chi connectivity index (χ0) is 10.3. The van der Waals surface area contributed by atoms with Crippen LogP contribution in [0.15, 0.2) is 48.1 Å². The van der Waals surface area contributed by atoms with Crippen molar-refractivity contribution < 1.29 is 5.11 Å². The van der Waals surface area contributed by atoms with E-state index in [-0.39, 0.29) is 6.61 Å². The highest BCUT2D eigenvalue weighted by molar-refractivity contribution is 5.76. The van der Waals surface area contributed by atoms with Crippen LogP contribution in [0.2, 0.25) is 0 Å². The van der Waals surface area contributed by atoms with Gasteiger partial charge in [-0.05, 0) is 23.1 Å². The number of aliphatic hydroxyl groups excluding tert-OH is 1. The van der Waals surface area contributed by atoms with Gasteiger partial charge < -0.3 is 5.11 Å². The topological polar surface area (TPSA) is 20.2 Å². The van der Waals surface area contributed by atoms with Gasteiger partial charge in [0.05, 0.1) is 6.61 Å². The highest BCUT2D eigenvalue weighted by atomic mass is 16.3. The van der Waals surface area contributed by atoms with E-state index in [4.69, 9.17) is 0 Å². The molecule has 76 valence electrons. The van der Waals surface area contributed by atoms with Crippen LogP contribution < -0.4 is 0 Å². The van der Waals surface area contributed by atoms with Crippen molar-refractivity contribution >= 4 is 5.57 Å². The first-order chi connectivity index (χ1) is 7.40. The monoisotopic (exact) mass is 198 g/mol. The van der Waals surface area contributed by atoms with Crippen molar-refractivity contribution in [2.45, 2.75) is 6.42 Å². The Morgan fingerprint density at radius 2 is 1.80 bits per heavy atom. The van der Waals surface area contributed by atoms with Gasteiger partial charge in [-0.1, -0.05) is 42.5 Å². The normalized spacial score (nSPS) is 27.8. The van der Waals surface area contributed by atoms with Crippen molar-refractivity contribution in [1.82, 2.24) is 0 Å². The predicted molar refractivity (Wildman–Crippen MR) is 61.2 cm³/mol. The van der Waals surface area contributed by atoms with Crippen molar-refractivity contribution in [3.63, 3.8) is 0 Å². The summed E-state index contributed by atoms with van der Waals surface area (Å²) in [5, 5.41) is 9.43. The summed E-state index contributed by atoms with van der Waals surface area (Å²) < 4.78 is 0. The Morgan fingerprint density at radius 3 is 2.53 bits per heavy atom. The van der Waals surface area contributed by atoms with Crippen LogP contribution in [-0.4, -0.2) is 11.7 Å². The van der Waals surface area contributed by atoms with E-state index in [9.17, 15) is 5.11 Å². The number of allylic oxidation sites excluding steroid dienone is 3. The summed E-state index contributed by atoms with van der Waals surface area (Å²) in [6.07, 6.45) is 5.69. The van der Waals surface area contributed by atoms with Gasteiger partial charge in [0.25, 0.3) is 0 Å². The Hall–Kier alpha value is -1.34. The first-order valence-corrected chi connectivity index (χ1v) is 5.47. The van der Waals surface area contributed by atoms with Crippen LogP contribution in [0.1, 0.15) is 12.0 Å². The van der Waals surface area contributed by atoms with Gasteiger partial charge in [-0.2, -0.15) is 0 Å². The number of rotatable bonds is 2. The van der Waals surface area contributed by atoms with Crippen LogP contribution >= 0.6 is 0 Å². The number of aliphatic hydroxyl groups is 1. The molecule has 0 amide bonds. The maximum Gasteiger partial charge on any atom is 0.0653 e. The molecule has 2 bridgehead atoms. The lowest BCUT2D eigenvalue weighted by atomic mass is 9.91. The maximum absolute atomic E-state index is 9.43. The fourth-order valence-corrected chi connectivity index (χ4v) is 2.83. The molecule has 3 rings (SSSR count).